The number of anilines is 1. The zero-order valence-corrected chi connectivity index (χ0v) is 17.6. The van der Waals surface area contributed by atoms with Gasteiger partial charge in [-0.2, -0.15) is 0 Å². The summed E-state index contributed by atoms with van der Waals surface area (Å²) in [4.78, 5) is 4.38. The molecule has 0 unspecified atom stereocenters. The minimum Gasteiger partial charge on any atom is -0.489 e. The van der Waals surface area contributed by atoms with Crippen LogP contribution in [0, 0.1) is 11.6 Å². The fourth-order valence-corrected chi connectivity index (χ4v) is 3.69. The number of halogens is 2. The Bertz CT molecular complexity index is 1250. The van der Waals surface area contributed by atoms with E-state index in [1.54, 1.807) is 28.9 Å². The lowest BCUT2D eigenvalue weighted by molar-refractivity contribution is 0.211. The van der Waals surface area contributed by atoms with E-state index in [1.807, 2.05) is 25.1 Å². The molecular weight excluding hydrogens is 412 g/mol. The Morgan fingerprint density at radius 1 is 1.19 bits per heavy atom. The molecule has 2 atom stereocenters. The normalized spacial score (nSPS) is 16.5. The molecule has 0 amide bonds. The molecule has 0 saturated carbocycles. The van der Waals surface area contributed by atoms with Gasteiger partial charge in [-0.05, 0) is 67.9 Å². The van der Waals surface area contributed by atoms with Crippen LogP contribution in [0.5, 0.6) is 5.75 Å². The van der Waals surface area contributed by atoms with Crippen molar-refractivity contribution in [2.24, 2.45) is 0 Å². The second-order valence-corrected chi connectivity index (χ2v) is 7.95. The topological polar surface area (TPSA) is 63.5 Å². The lowest BCUT2D eigenvalue weighted by Gasteiger charge is -2.27. The van der Waals surface area contributed by atoms with Gasteiger partial charge in [0.1, 0.15) is 18.2 Å². The number of benzene rings is 2. The summed E-state index contributed by atoms with van der Waals surface area (Å²) in [5.41, 5.74) is 2.76. The van der Waals surface area contributed by atoms with Gasteiger partial charge in [0, 0.05) is 11.6 Å². The molecule has 1 aliphatic rings. The van der Waals surface area contributed by atoms with E-state index in [0.717, 1.165) is 18.5 Å². The first-order valence-corrected chi connectivity index (χ1v) is 10.6. The van der Waals surface area contributed by atoms with Crippen molar-refractivity contribution >= 4 is 11.5 Å². The van der Waals surface area contributed by atoms with Gasteiger partial charge in [0.25, 0.3) is 0 Å². The van der Waals surface area contributed by atoms with Gasteiger partial charge in [0.05, 0.1) is 17.9 Å². The monoisotopic (exact) mass is 435 g/mol. The highest BCUT2D eigenvalue weighted by Gasteiger charge is 2.18. The Kier molecular flexibility index (Phi) is 5.45. The third-order valence-corrected chi connectivity index (χ3v) is 5.67. The summed E-state index contributed by atoms with van der Waals surface area (Å²) in [7, 11) is 0. The van der Waals surface area contributed by atoms with Crippen molar-refractivity contribution in [1.29, 1.82) is 0 Å². The predicted octanol–water partition coefficient (Wildman–Crippen LogP) is 4.59. The zero-order valence-electron chi connectivity index (χ0n) is 17.6. The number of nitrogens with zero attached hydrogens (tertiary/aromatic N) is 3. The number of hydrogen-bond acceptors (Lipinski definition) is 5. The van der Waals surface area contributed by atoms with Crippen LogP contribution in [0.15, 0.2) is 60.8 Å². The van der Waals surface area contributed by atoms with Crippen molar-refractivity contribution in [1.82, 2.24) is 19.9 Å². The third kappa shape index (κ3) is 4.13. The van der Waals surface area contributed by atoms with E-state index in [0.29, 0.717) is 29.3 Å². The molecule has 1 aliphatic heterocycles. The first kappa shape index (κ1) is 20.4. The number of hydrogen-bond donors (Lipinski definition) is 2. The van der Waals surface area contributed by atoms with Crippen LogP contribution < -0.4 is 15.4 Å². The Hall–Kier alpha value is -3.52. The van der Waals surface area contributed by atoms with E-state index in [2.05, 4.69) is 20.7 Å². The highest BCUT2D eigenvalue weighted by Crippen LogP contribution is 2.27. The summed E-state index contributed by atoms with van der Waals surface area (Å²) in [6, 6.07) is 15.1. The van der Waals surface area contributed by atoms with Gasteiger partial charge >= 0.3 is 0 Å². The summed E-state index contributed by atoms with van der Waals surface area (Å²) in [5.74, 6) is 0.123. The van der Waals surface area contributed by atoms with Crippen molar-refractivity contribution in [2.45, 2.75) is 25.4 Å². The third-order valence-electron chi connectivity index (χ3n) is 5.67. The number of imidazole rings is 1. The molecule has 2 aromatic heterocycles. The fourth-order valence-electron chi connectivity index (χ4n) is 3.69. The fraction of sp³-hybridized carbons (Fsp3) is 0.250. The molecule has 5 rings (SSSR count). The first-order chi connectivity index (χ1) is 15.6. The summed E-state index contributed by atoms with van der Waals surface area (Å²) in [6.45, 7) is 3.36. The Morgan fingerprint density at radius 3 is 2.81 bits per heavy atom. The summed E-state index contributed by atoms with van der Waals surface area (Å²) >= 11 is 0. The van der Waals surface area contributed by atoms with Gasteiger partial charge in [-0.25, -0.2) is 18.3 Å². The molecule has 0 spiro atoms. The lowest BCUT2D eigenvalue weighted by atomic mass is 10.1. The van der Waals surface area contributed by atoms with E-state index < -0.39 is 5.82 Å². The van der Waals surface area contributed by atoms with Gasteiger partial charge in [0.15, 0.2) is 17.2 Å². The minimum atomic E-state index is -0.425. The number of ether oxygens (including phenoxy) is 1. The SMILES string of the molecule is C[C@@H](Nc1ccc2ncc(-c3ccc(OC[C@@H]4CCN4)c(F)c3)n2n1)c1cccc(F)c1. The van der Waals surface area contributed by atoms with Crippen LogP contribution in [0.3, 0.4) is 0 Å². The summed E-state index contributed by atoms with van der Waals surface area (Å²) in [6.07, 6.45) is 2.71. The van der Waals surface area contributed by atoms with Gasteiger partial charge < -0.3 is 15.4 Å². The molecule has 32 heavy (non-hydrogen) atoms. The van der Waals surface area contributed by atoms with Crippen LogP contribution in [0.2, 0.25) is 0 Å². The van der Waals surface area contributed by atoms with Crippen molar-refractivity contribution in [3.63, 3.8) is 0 Å². The molecular formula is C24H23F2N5O. The molecule has 8 heteroatoms. The van der Waals surface area contributed by atoms with E-state index in [9.17, 15) is 8.78 Å². The molecule has 0 radical (unpaired) electrons. The molecule has 3 heterocycles. The van der Waals surface area contributed by atoms with Gasteiger partial charge in [-0.15, -0.1) is 5.10 Å². The molecule has 1 fully saturated rings. The average molecular weight is 435 g/mol. The van der Waals surface area contributed by atoms with Crippen molar-refractivity contribution < 1.29 is 13.5 Å². The van der Waals surface area contributed by atoms with E-state index >= 15 is 0 Å². The van der Waals surface area contributed by atoms with Crippen molar-refractivity contribution in [3.8, 4) is 17.0 Å². The molecule has 164 valence electrons. The molecule has 2 N–H and O–H groups in total. The quantitative estimate of drug-likeness (QED) is 0.445. The Balaban J connectivity index is 1.38. The van der Waals surface area contributed by atoms with Gasteiger partial charge in [-0.1, -0.05) is 12.1 Å². The van der Waals surface area contributed by atoms with Crippen LogP contribution in [-0.4, -0.2) is 33.8 Å². The lowest BCUT2D eigenvalue weighted by Crippen LogP contribution is -2.46. The Labute approximate surface area is 184 Å². The van der Waals surface area contributed by atoms with Gasteiger partial charge in [-0.3, -0.25) is 0 Å². The van der Waals surface area contributed by atoms with Crippen LogP contribution in [0.4, 0.5) is 14.6 Å². The number of nitrogens with one attached hydrogen (secondary N) is 2. The largest absolute Gasteiger partial charge is 0.489 e. The van der Waals surface area contributed by atoms with Crippen LogP contribution in [0.1, 0.15) is 24.9 Å². The second kappa shape index (κ2) is 8.55. The number of rotatable bonds is 7. The van der Waals surface area contributed by atoms with Gasteiger partial charge in [0.2, 0.25) is 0 Å². The average Bonchev–Trinajstić information content (AvgIpc) is 3.17. The maximum Gasteiger partial charge on any atom is 0.165 e. The van der Waals surface area contributed by atoms with Crippen molar-refractivity contribution in [2.75, 3.05) is 18.5 Å². The number of aromatic nitrogens is 3. The van der Waals surface area contributed by atoms with E-state index in [-0.39, 0.29) is 23.7 Å². The zero-order chi connectivity index (χ0) is 22.1. The summed E-state index contributed by atoms with van der Waals surface area (Å²) < 4.78 is 35.5. The molecule has 4 aromatic rings. The van der Waals surface area contributed by atoms with E-state index in [4.69, 9.17) is 4.74 Å². The van der Waals surface area contributed by atoms with Crippen LogP contribution in [-0.2, 0) is 0 Å². The summed E-state index contributed by atoms with van der Waals surface area (Å²) in [5, 5.41) is 11.1. The highest BCUT2D eigenvalue weighted by molar-refractivity contribution is 5.64. The standard InChI is InChI=1S/C24H23F2N5O/c1-15(16-3-2-4-18(25)11-16)29-23-7-8-24-28-13-21(31(24)30-23)17-5-6-22(20(26)12-17)32-14-19-9-10-27-19/h2-8,11-13,15,19,27H,9-10,14H2,1H3,(H,29,30)/t15-,19+/m1/s1. The smallest absolute Gasteiger partial charge is 0.165 e. The van der Waals surface area contributed by atoms with Crippen molar-refractivity contribution in [3.05, 3.63) is 78.0 Å². The maximum atomic E-state index is 14.6. The first-order valence-electron chi connectivity index (χ1n) is 10.6. The maximum absolute atomic E-state index is 14.6. The molecule has 0 bridgehead atoms. The van der Waals surface area contributed by atoms with E-state index in [1.165, 1.54) is 18.2 Å². The Morgan fingerprint density at radius 2 is 2.06 bits per heavy atom. The minimum absolute atomic E-state index is 0.151. The molecule has 2 aromatic carbocycles. The molecule has 0 aliphatic carbocycles. The predicted molar refractivity (Wildman–Crippen MR) is 119 cm³/mol. The number of fused-ring (bicyclic) bond motifs is 1. The van der Waals surface area contributed by atoms with Crippen LogP contribution in [0.25, 0.3) is 16.9 Å². The van der Waals surface area contributed by atoms with Crippen LogP contribution >= 0.6 is 0 Å². The molecule has 6 nitrogen and oxygen atoms in total. The second-order valence-electron chi connectivity index (χ2n) is 7.95. The highest BCUT2D eigenvalue weighted by atomic mass is 19.1. The molecule has 1 saturated heterocycles.